The average molecular weight is 247 g/mol. The molecule has 0 saturated carbocycles. The topological polar surface area (TPSA) is 38.3 Å². The lowest BCUT2D eigenvalue weighted by molar-refractivity contribution is -0.156. The standard InChI is InChI=1S/C12H25NO2S/c1-9(10(14)15-11(2,3)4)13-8-12(5,6)16-7/h9,13H,8H2,1-7H3. The number of hydrogen-bond acceptors (Lipinski definition) is 4. The molecule has 1 N–H and O–H groups in total. The molecule has 0 aromatic heterocycles. The number of esters is 1. The largest absolute Gasteiger partial charge is 0.459 e. The Morgan fingerprint density at radius 1 is 1.31 bits per heavy atom. The van der Waals surface area contributed by atoms with Crippen LogP contribution in [0.3, 0.4) is 0 Å². The molecule has 96 valence electrons. The van der Waals surface area contributed by atoms with Crippen molar-refractivity contribution in [3.05, 3.63) is 0 Å². The normalized spacial score (nSPS) is 14.7. The lowest BCUT2D eigenvalue weighted by Gasteiger charge is -2.26. The van der Waals surface area contributed by atoms with Gasteiger partial charge in [-0.1, -0.05) is 0 Å². The molecule has 1 atom stereocenters. The molecular formula is C12H25NO2S. The van der Waals surface area contributed by atoms with Crippen LogP contribution in [0.2, 0.25) is 0 Å². The smallest absolute Gasteiger partial charge is 0.323 e. The molecule has 0 fully saturated rings. The van der Waals surface area contributed by atoms with Crippen molar-refractivity contribution in [2.75, 3.05) is 12.8 Å². The quantitative estimate of drug-likeness (QED) is 0.757. The van der Waals surface area contributed by atoms with Gasteiger partial charge in [-0.25, -0.2) is 0 Å². The summed E-state index contributed by atoms with van der Waals surface area (Å²) >= 11 is 1.78. The third-order valence-corrected chi connectivity index (χ3v) is 3.40. The van der Waals surface area contributed by atoms with Gasteiger partial charge in [0, 0.05) is 11.3 Å². The van der Waals surface area contributed by atoms with Gasteiger partial charge in [-0.05, 0) is 47.8 Å². The van der Waals surface area contributed by atoms with Gasteiger partial charge in [0.05, 0.1) is 0 Å². The van der Waals surface area contributed by atoms with Crippen molar-refractivity contribution >= 4 is 17.7 Å². The first-order valence-electron chi connectivity index (χ1n) is 5.59. The molecule has 0 rings (SSSR count). The Bertz CT molecular complexity index is 234. The highest BCUT2D eigenvalue weighted by Gasteiger charge is 2.23. The Kier molecular flexibility index (Phi) is 5.84. The molecule has 0 aromatic carbocycles. The molecule has 0 amide bonds. The zero-order valence-corrected chi connectivity index (χ0v) is 12.3. The molecule has 3 nitrogen and oxygen atoms in total. The molecule has 1 unspecified atom stereocenters. The van der Waals surface area contributed by atoms with Crippen molar-refractivity contribution in [2.45, 2.75) is 57.9 Å². The van der Waals surface area contributed by atoms with Crippen LogP contribution in [-0.2, 0) is 9.53 Å². The molecule has 0 aromatic rings. The minimum Gasteiger partial charge on any atom is -0.459 e. The zero-order chi connectivity index (χ0) is 13.0. The van der Waals surface area contributed by atoms with E-state index in [1.807, 2.05) is 27.7 Å². The number of nitrogens with one attached hydrogen (secondary N) is 1. The summed E-state index contributed by atoms with van der Waals surface area (Å²) in [5.74, 6) is -0.190. The number of thioether (sulfide) groups is 1. The summed E-state index contributed by atoms with van der Waals surface area (Å²) in [5, 5.41) is 3.20. The average Bonchev–Trinajstić information content (AvgIpc) is 2.11. The lowest BCUT2D eigenvalue weighted by atomic mass is 10.1. The van der Waals surface area contributed by atoms with Crippen molar-refractivity contribution in [2.24, 2.45) is 0 Å². The van der Waals surface area contributed by atoms with Gasteiger partial charge >= 0.3 is 5.97 Å². The second-order valence-electron chi connectivity index (χ2n) is 5.60. The summed E-state index contributed by atoms with van der Waals surface area (Å²) in [4.78, 5) is 11.7. The van der Waals surface area contributed by atoms with Crippen LogP contribution >= 0.6 is 11.8 Å². The Morgan fingerprint density at radius 2 is 1.81 bits per heavy atom. The van der Waals surface area contributed by atoms with Crippen LogP contribution in [0.25, 0.3) is 0 Å². The third kappa shape index (κ3) is 7.12. The van der Waals surface area contributed by atoms with Crippen molar-refractivity contribution in [3.8, 4) is 0 Å². The second-order valence-corrected chi connectivity index (χ2v) is 7.11. The van der Waals surface area contributed by atoms with Gasteiger partial charge in [0.15, 0.2) is 0 Å². The number of hydrogen-bond donors (Lipinski definition) is 1. The van der Waals surface area contributed by atoms with Gasteiger partial charge < -0.3 is 10.1 Å². The van der Waals surface area contributed by atoms with Gasteiger partial charge in [0.25, 0.3) is 0 Å². The van der Waals surface area contributed by atoms with Crippen LogP contribution in [-0.4, -0.2) is 35.2 Å². The number of carbonyl (C=O) groups is 1. The predicted octanol–water partition coefficient (Wildman–Crippen LogP) is 2.45. The van der Waals surface area contributed by atoms with Crippen LogP contribution in [0.1, 0.15) is 41.5 Å². The third-order valence-electron chi connectivity index (χ3n) is 2.15. The first-order valence-corrected chi connectivity index (χ1v) is 6.81. The van der Waals surface area contributed by atoms with E-state index in [1.54, 1.807) is 11.8 Å². The molecular weight excluding hydrogens is 222 g/mol. The van der Waals surface area contributed by atoms with Crippen molar-refractivity contribution in [3.63, 3.8) is 0 Å². The Labute approximate surface area is 104 Å². The second kappa shape index (κ2) is 5.92. The SMILES string of the molecule is CSC(C)(C)CNC(C)C(=O)OC(C)(C)C. The number of rotatable bonds is 5. The van der Waals surface area contributed by atoms with Crippen molar-refractivity contribution in [1.82, 2.24) is 5.32 Å². The number of ether oxygens (including phenoxy) is 1. The molecule has 0 aliphatic heterocycles. The summed E-state index contributed by atoms with van der Waals surface area (Å²) < 4.78 is 5.43. The van der Waals surface area contributed by atoms with E-state index in [4.69, 9.17) is 4.74 Å². The fraction of sp³-hybridized carbons (Fsp3) is 0.917. The molecule has 0 aliphatic rings. The van der Waals surface area contributed by atoms with Crippen LogP contribution < -0.4 is 5.32 Å². The maximum atomic E-state index is 11.7. The van der Waals surface area contributed by atoms with Gasteiger partial charge in [-0.3, -0.25) is 4.79 Å². The van der Waals surface area contributed by atoms with Crippen molar-refractivity contribution < 1.29 is 9.53 Å². The Morgan fingerprint density at radius 3 is 2.19 bits per heavy atom. The summed E-state index contributed by atoms with van der Waals surface area (Å²) in [7, 11) is 0. The summed E-state index contributed by atoms with van der Waals surface area (Å²) in [5.41, 5.74) is -0.415. The van der Waals surface area contributed by atoms with Gasteiger partial charge in [0.1, 0.15) is 11.6 Å². The first kappa shape index (κ1) is 15.8. The van der Waals surface area contributed by atoms with E-state index >= 15 is 0 Å². The molecule has 0 spiro atoms. The monoisotopic (exact) mass is 247 g/mol. The lowest BCUT2D eigenvalue weighted by Crippen LogP contribution is -2.44. The minimum absolute atomic E-state index is 0.135. The molecule has 16 heavy (non-hydrogen) atoms. The highest BCUT2D eigenvalue weighted by atomic mass is 32.2. The van der Waals surface area contributed by atoms with E-state index in [1.165, 1.54) is 0 Å². The van der Waals surface area contributed by atoms with Crippen LogP contribution in [0.4, 0.5) is 0 Å². The molecule has 0 aliphatic carbocycles. The minimum atomic E-state index is -0.415. The van der Waals surface area contributed by atoms with Gasteiger partial charge in [-0.2, -0.15) is 11.8 Å². The predicted molar refractivity (Wildman–Crippen MR) is 70.9 cm³/mol. The van der Waals surface area contributed by atoms with E-state index in [0.29, 0.717) is 0 Å². The molecule has 0 heterocycles. The molecule has 0 saturated heterocycles. The van der Waals surface area contributed by atoms with E-state index in [2.05, 4.69) is 25.4 Å². The van der Waals surface area contributed by atoms with E-state index in [0.717, 1.165) is 6.54 Å². The molecule has 4 heteroatoms. The number of carbonyl (C=O) groups excluding carboxylic acids is 1. The van der Waals surface area contributed by atoms with Crippen LogP contribution in [0.5, 0.6) is 0 Å². The molecule has 0 bridgehead atoms. The van der Waals surface area contributed by atoms with Gasteiger partial charge in [0.2, 0.25) is 0 Å². The van der Waals surface area contributed by atoms with Crippen molar-refractivity contribution in [1.29, 1.82) is 0 Å². The van der Waals surface area contributed by atoms with Crippen LogP contribution in [0, 0.1) is 0 Å². The highest BCUT2D eigenvalue weighted by Crippen LogP contribution is 2.19. The Hall–Kier alpha value is -0.220. The maximum absolute atomic E-state index is 11.7. The fourth-order valence-electron chi connectivity index (χ4n) is 0.945. The zero-order valence-electron chi connectivity index (χ0n) is 11.5. The summed E-state index contributed by atoms with van der Waals surface area (Å²) in [6, 6.07) is -0.259. The summed E-state index contributed by atoms with van der Waals surface area (Å²) in [6.45, 7) is 12.5. The molecule has 0 radical (unpaired) electrons. The van der Waals surface area contributed by atoms with Gasteiger partial charge in [-0.15, -0.1) is 0 Å². The van der Waals surface area contributed by atoms with E-state index < -0.39 is 5.60 Å². The first-order chi connectivity index (χ1) is 7.07. The van der Waals surface area contributed by atoms with Crippen LogP contribution in [0.15, 0.2) is 0 Å². The Balaban J connectivity index is 4.08. The highest BCUT2D eigenvalue weighted by molar-refractivity contribution is 7.99. The maximum Gasteiger partial charge on any atom is 0.323 e. The fourth-order valence-corrected chi connectivity index (χ4v) is 1.17. The van der Waals surface area contributed by atoms with E-state index in [9.17, 15) is 4.79 Å². The van der Waals surface area contributed by atoms with E-state index in [-0.39, 0.29) is 16.8 Å². The summed E-state index contributed by atoms with van der Waals surface area (Å²) in [6.07, 6.45) is 2.07.